The summed E-state index contributed by atoms with van der Waals surface area (Å²) in [6.45, 7) is 12.3. The van der Waals surface area contributed by atoms with E-state index in [1.54, 1.807) is 0 Å². The number of nitrogens with two attached hydrogens (primary N) is 1. The van der Waals surface area contributed by atoms with E-state index in [0.29, 0.717) is 6.04 Å². The lowest BCUT2D eigenvalue weighted by atomic mass is 9.79. The molecule has 0 radical (unpaired) electrons. The summed E-state index contributed by atoms with van der Waals surface area (Å²) >= 11 is 0. The average Bonchev–Trinajstić information content (AvgIpc) is 2.28. The van der Waals surface area contributed by atoms with Crippen molar-refractivity contribution in [1.29, 1.82) is 0 Å². The van der Waals surface area contributed by atoms with Gasteiger partial charge in [-0.2, -0.15) is 0 Å². The fourth-order valence-corrected chi connectivity index (χ4v) is 2.94. The topological polar surface area (TPSA) is 29.3 Å². The third kappa shape index (κ3) is 3.71. The molecule has 19 heavy (non-hydrogen) atoms. The fraction of sp³-hybridized carbons (Fsp3) is 0.625. The number of rotatable bonds is 2. The fourth-order valence-electron chi connectivity index (χ4n) is 2.94. The van der Waals surface area contributed by atoms with Gasteiger partial charge in [0.25, 0.3) is 0 Å². The maximum atomic E-state index is 6.20. The van der Waals surface area contributed by atoms with Gasteiger partial charge < -0.3 is 5.73 Å². The largest absolute Gasteiger partial charge is 0.327 e. The smallest absolute Gasteiger partial charge is 0.0239 e. The Balaban J connectivity index is 0.00000180. The van der Waals surface area contributed by atoms with Gasteiger partial charge in [0.2, 0.25) is 0 Å². The predicted octanol–water partition coefficient (Wildman–Crippen LogP) is 3.28. The van der Waals surface area contributed by atoms with E-state index in [1.807, 2.05) is 0 Å². The first-order chi connectivity index (χ1) is 8.40. The van der Waals surface area contributed by atoms with Crippen molar-refractivity contribution < 1.29 is 0 Å². The number of benzene rings is 1. The monoisotopic (exact) mass is 282 g/mol. The third-order valence-corrected chi connectivity index (χ3v) is 4.42. The van der Waals surface area contributed by atoms with Gasteiger partial charge in [-0.3, -0.25) is 4.90 Å². The van der Waals surface area contributed by atoms with Crippen molar-refractivity contribution in [3.63, 3.8) is 0 Å². The summed E-state index contributed by atoms with van der Waals surface area (Å²) in [6, 6.07) is 6.91. The molecule has 0 saturated carbocycles. The molecule has 2 nitrogen and oxygen atoms in total. The molecule has 0 amide bonds. The Kier molecular flexibility index (Phi) is 5.43. The Morgan fingerprint density at radius 3 is 2.37 bits per heavy atom. The molecule has 1 fully saturated rings. The molecule has 108 valence electrons. The zero-order valence-corrected chi connectivity index (χ0v) is 13.4. The number of nitrogens with zero attached hydrogens (tertiary/aromatic N) is 1. The molecule has 1 aliphatic heterocycles. The summed E-state index contributed by atoms with van der Waals surface area (Å²) in [5, 5.41) is 0. The van der Waals surface area contributed by atoms with E-state index in [-0.39, 0.29) is 17.8 Å². The molecule has 1 unspecified atom stereocenters. The van der Waals surface area contributed by atoms with Crippen LogP contribution < -0.4 is 5.73 Å². The summed E-state index contributed by atoms with van der Waals surface area (Å²) < 4.78 is 0. The molecule has 1 aliphatic rings. The Hall–Kier alpha value is -0.570. The molecule has 0 aliphatic carbocycles. The lowest BCUT2D eigenvalue weighted by molar-refractivity contribution is 0.0896. The van der Waals surface area contributed by atoms with E-state index >= 15 is 0 Å². The van der Waals surface area contributed by atoms with Crippen LogP contribution in [0, 0.1) is 19.3 Å². The maximum absolute atomic E-state index is 6.20. The van der Waals surface area contributed by atoms with Crippen LogP contribution in [0.4, 0.5) is 0 Å². The molecule has 2 N–H and O–H groups in total. The average molecular weight is 283 g/mol. The van der Waals surface area contributed by atoms with Gasteiger partial charge in [0.1, 0.15) is 0 Å². The van der Waals surface area contributed by atoms with E-state index in [9.17, 15) is 0 Å². The van der Waals surface area contributed by atoms with Crippen LogP contribution >= 0.6 is 12.4 Å². The van der Waals surface area contributed by atoms with E-state index in [0.717, 1.165) is 26.1 Å². The van der Waals surface area contributed by atoms with Crippen LogP contribution in [0.2, 0.25) is 0 Å². The summed E-state index contributed by atoms with van der Waals surface area (Å²) in [4.78, 5) is 2.55. The van der Waals surface area contributed by atoms with Crippen LogP contribution in [0.1, 0.15) is 37.0 Å². The van der Waals surface area contributed by atoms with Crippen LogP contribution in [0.15, 0.2) is 18.2 Å². The van der Waals surface area contributed by atoms with Crippen LogP contribution in [-0.2, 0) is 6.54 Å². The number of aryl methyl sites for hydroxylation is 2. The molecule has 1 heterocycles. The predicted molar refractivity (Wildman–Crippen MR) is 84.8 cm³/mol. The molecular weight excluding hydrogens is 256 g/mol. The second kappa shape index (κ2) is 6.25. The SMILES string of the molecule is Cc1cccc(C)c1CN1CCC(N)C(C)(C)C1.Cl. The van der Waals surface area contributed by atoms with Crippen LogP contribution in [-0.4, -0.2) is 24.0 Å². The van der Waals surface area contributed by atoms with Crippen LogP contribution in [0.3, 0.4) is 0 Å². The Labute approximate surface area is 123 Å². The summed E-state index contributed by atoms with van der Waals surface area (Å²) in [5.74, 6) is 0. The van der Waals surface area contributed by atoms with E-state index < -0.39 is 0 Å². The lowest BCUT2D eigenvalue weighted by Crippen LogP contribution is -2.52. The molecular formula is C16H27ClN2. The summed E-state index contributed by atoms with van der Waals surface area (Å²) in [6.07, 6.45) is 1.11. The summed E-state index contributed by atoms with van der Waals surface area (Å²) in [7, 11) is 0. The van der Waals surface area contributed by atoms with E-state index in [4.69, 9.17) is 5.73 Å². The quantitative estimate of drug-likeness (QED) is 0.902. The van der Waals surface area contributed by atoms with Gasteiger partial charge in [0.15, 0.2) is 0 Å². The summed E-state index contributed by atoms with van der Waals surface area (Å²) in [5.41, 5.74) is 10.7. The molecule has 0 bridgehead atoms. The first kappa shape index (κ1) is 16.5. The number of likely N-dealkylation sites (tertiary alicyclic amines) is 1. The van der Waals surface area contributed by atoms with E-state index in [2.05, 4.69) is 50.8 Å². The Morgan fingerprint density at radius 2 is 1.84 bits per heavy atom. The van der Waals surface area contributed by atoms with E-state index in [1.165, 1.54) is 16.7 Å². The van der Waals surface area contributed by atoms with Crippen molar-refractivity contribution in [2.24, 2.45) is 11.1 Å². The minimum absolute atomic E-state index is 0. The standard InChI is InChI=1S/C16H26N2.ClH/c1-12-6-5-7-13(2)14(12)10-18-9-8-15(17)16(3,4)11-18;/h5-7,15H,8-11,17H2,1-4H3;1H. The molecule has 1 atom stereocenters. The Morgan fingerprint density at radius 1 is 1.26 bits per heavy atom. The highest BCUT2D eigenvalue weighted by Crippen LogP contribution is 2.29. The molecule has 1 saturated heterocycles. The van der Waals surface area contributed by atoms with Crippen molar-refractivity contribution >= 4 is 12.4 Å². The lowest BCUT2D eigenvalue weighted by Gasteiger charge is -2.43. The molecule has 0 aromatic heterocycles. The number of hydrogen-bond acceptors (Lipinski definition) is 2. The number of piperidine rings is 1. The second-order valence-corrected chi connectivity index (χ2v) is 6.46. The second-order valence-electron chi connectivity index (χ2n) is 6.46. The van der Waals surface area contributed by atoms with Gasteiger partial charge in [0, 0.05) is 25.7 Å². The number of hydrogen-bond donors (Lipinski definition) is 1. The van der Waals surface area contributed by atoms with Gasteiger partial charge in [-0.25, -0.2) is 0 Å². The molecule has 1 aromatic rings. The van der Waals surface area contributed by atoms with Gasteiger partial charge in [-0.1, -0.05) is 32.0 Å². The molecule has 1 aromatic carbocycles. The third-order valence-electron chi connectivity index (χ3n) is 4.42. The first-order valence-electron chi connectivity index (χ1n) is 6.93. The van der Waals surface area contributed by atoms with Crippen LogP contribution in [0.5, 0.6) is 0 Å². The van der Waals surface area contributed by atoms with Gasteiger partial charge in [-0.15, -0.1) is 12.4 Å². The van der Waals surface area contributed by atoms with Gasteiger partial charge in [-0.05, 0) is 42.4 Å². The molecule has 0 spiro atoms. The molecule has 3 heteroatoms. The van der Waals surface area contributed by atoms with Crippen LogP contribution in [0.25, 0.3) is 0 Å². The van der Waals surface area contributed by atoms with Crippen molar-refractivity contribution in [3.05, 3.63) is 34.9 Å². The van der Waals surface area contributed by atoms with Crippen molar-refractivity contribution in [2.45, 2.75) is 46.7 Å². The maximum Gasteiger partial charge on any atom is 0.0239 e. The number of halogens is 1. The first-order valence-corrected chi connectivity index (χ1v) is 6.93. The van der Waals surface area contributed by atoms with Gasteiger partial charge >= 0.3 is 0 Å². The minimum Gasteiger partial charge on any atom is -0.327 e. The van der Waals surface area contributed by atoms with Crippen molar-refractivity contribution in [2.75, 3.05) is 13.1 Å². The minimum atomic E-state index is 0. The highest BCUT2D eigenvalue weighted by atomic mass is 35.5. The molecule has 2 rings (SSSR count). The highest BCUT2D eigenvalue weighted by Gasteiger charge is 2.33. The van der Waals surface area contributed by atoms with Crippen molar-refractivity contribution in [3.8, 4) is 0 Å². The normalized spacial score (nSPS) is 22.9. The zero-order valence-electron chi connectivity index (χ0n) is 12.6. The highest BCUT2D eigenvalue weighted by molar-refractivity contribution is 5.85. The van der Waals surface area contributed by atoms with Gasteiger partial charge in [0.05, 0.1) is 0 Å². The Bertz CT molecular complexity index is 409. The van der Waals surface area contributed by atoms with Crippen molar-refractivity contribution in [1.82, 2.24) is 4.90 Å². The zero-order chi connectivity index (χ0) is 13.3.